The Morgan fingerprint density at radius 1 is 1.33 bits per heavy atom. The highest BCUT2D eigenvalue weighted by Gasteiger charge is 2.10. The Morgan fingerprint density at radius 2 is 2.10 bits per heavy atom. The topological polar surface area (TPSA) is 79.1 Å². The Morgan fingerprint density at radius 3 is 2.81 bits per heavy atom. The van der Waals surface area contributed by atoms with E-state index >= 15 is 0 Å². The molecule has 0 aliphatic carbocycles. The SMILES string of the molecule is CCCn1nnnc1COC(=O)COc1ccc(Cl)cc1. The normalized spacial score (nSPS) is 10.4. The van der Waals surface area contributed by atoms with Crippen LogP contribution in [0.15, 0.2) is 24.3 Å². The van der Waals surface area contributed by atoms with Crippen molar-refractivity contribution >= 4 is 17.6 Å². The molecule has 21 heavy (non-hydrogen) atoms. The molecule has 0 fully saturated rings. The van der Waals surface area contributed by atoms with E-state index in [0.29, 0.717) is 23.1 Å². The predicted octanol–water partition coefficient (Wildman–Crippen LogP) is 1.86. The van der Waals surface area contributed by atoms with Crippen molar-refractivity contribution in [2.45, 2.75) is 26.5 Å². The van der Waals surface area contributed by atoms with Gasteiger partial charge >= 0.3 is 5.97 Å². The summed E-state index contributed by atoms with van der Waals surface area (Å²) in [6.07, 6.45) is 0.895. The lowest BCUT2D eigenvalue weighted by atomic mass is 10.3. The first kappa shape index (κ1) is 15.2. The van der Waals surface area contributed by atoms with Gasteiger partial charge in [-0.25, -0.2) is 9.48 Å². The van der Waals surface area contributed by atoms with Crippen LogP contribution in [0.4, 0.5) is 0 Å². The van der Waals surface area contributed by atoms with Gasteiger partial charge in [0.15, 0.2) is 19.0 Å². The van der Waals surface area contributed by atoms with Gasteiger partial charge < -0.3 is 9.47 Å². The molecule has 0 bridgehead atoms. The number of hydrogen-bond acceptors (Lipinski definition) is 6. The molecule has 0 aliphatic heterocycles. The summed E-state index contributed by atoms with van der Waals surface area (Å²) >= 11 is 5.75. The summed E-state index contributed by atoms with van der Waals surface area (Å²) in [5.74, 6) is 0.569. The van der Waals surface area contributed by atoms with Gasteiger partial charge in [0.25, 0.3) is 0 Å². The number of tetrazole rings is 1. The van der Waals surface area contributed by atoms with Gasteiger partial charge in [0, 0.05) is 11.6 Å². The number of hydrogen-bond donors (Lipinski definition) is 0. The van der Waals surface area contributed by atoms with Gasteiger partial charge in [-0.3, -0.25) is 0 Å². The lowest BCUT2D eigenvalue weighted by Gasteiger charge is -2.07. The van der Waals surface area contributed by atoms with Crippen molar-refractivity contribution in [1.29, 1.82) is 0 Å². The van der Waals surface area contributed by atoms with Crippen molar-refractivity contribution in [3.8, 4) is 5.75 Å². The lowest BCUT2D eigenvalue weighted by molar-refractivity contribution is -0.147. The summed E-state index contributed by atoms with van der Waals surface area (Å²) in [7, 11) is 0. The van der Waals surface area contributed by atoms with Gasteiger partial charge in [-0.15, -0.1) is 5.10 Å². The van der Waals surface area contributed by atoms with Gasteiger partial charge in [-0.2, -0.15) is 0 Å². The fraction of sp³-hybridized carbons (Fsp3) is 0.385. The number of esters is 1. The number of aryl methyl sites for hydroxylation is 1. The van der Waals surface area contributed by atoms with Gasteiger partial charge in [0.1, 0.15) is 5.75 Å². The van der Waals surface area contributed by atoms with Gasteiger partial charge in [0.05, 0.1) is 0 Å². The quantitative estimate of drug-likeness (QED) is 0.726. The zero-order chi connectivity index (χ0) is 15.1. The minimum absolute atomic E-state index is 0.0236. The molecule has 0 saturated heterocycles. The standard InChI is InChI=1S/C13H15ClN4O3/c1-2-7-18-12(15-16-17-18)8-21-13(19)9-20-11-5-3-10(14)4-6-11/h3-6H,2,7-9H2,1H3. The van der Waals surface area contributed by atoms with E-state index in [1.165, 1.54) is 0 Å². The molecule has 0 unspecified atom stereocenters. The monoisotopic (exact) mass is 310 g/mol. The van der Waals surface area contributed by atoms with E-state index in [1.54, 1.807) is 28.9 Å². The maximum Gasteiger partial charge on any atom is 0.344 e. The van der Waals surface area contributed by atoms with Crippen LogP contribution in [0.2, 0.25) is 5.02 Å². The molecule has 7 nitrogen and oxygen atoms in total. The van der Waals surface area contributed by atoms with Crippen LogP contribution in [-0.2, 0) is 22.7 Å². The summed E-state index contributed by atoms with van der Waals surface area (Å²) < 4.78 is 11.9. The van der Waals surface area contributed by atoms with E-state index in [1.807, 2.05) is 6.92 Å². The second-order valence-electron chi connectivity index (χ2n) is 4.22. The summed E-state index contributed by atoms with van der Waals surface area (Å²) in [4.78, 5) is 11.6. The van der Waals surface area contributed by atoms with Crippen LogP contribution >= 0.6 is 11.6 Å². The van der Waals surface area contributed by atoms with Crippen LogP contribution in [0.5, 0.6) is 5.75 Å². The number of benzene rings is 1. The van der Waals surface area contributed by atoms with E-state index < -0.39 is 5.97 Å². The van der Waals surface area contributed by atoms with Gasteiger partial charge in [0.2, 0.25) is 0 Å². The molecule has 0 atom stereocenters. The van der Waals surface area contributed by atoms with E-state index in [-0.39, 0.29) is 13.2 Å². The van der Waals surface area contributed by atoms with E-state index in [4.69, 9.17) is 21.1 Å². The molecule has 0 amide bonds. The molecule has 2 aromatic rings. The third kappa shape index (κ3) is 4.71. The smallest absolute Gasteiger partial charge is 0.344 e. The van der Waals surface area contributed by atoms with Crippen LogP contribution in [-0.4, -0.2) is 32.8 Å². The number of halogens is 1. The first-order valence-corrected chi connectivity index (χ1v) is 6.86. The number of ether oxygens (including phenoxy) is 2. The maximum absolute atomic E-state index is 11.6. The molecule has 8 heteroatoms. The number of nitrogens with zero attached hydrogens (tertiary/aromatic N) is 4. The second-order valence-corrected chi connectivity index (χ2v) is 4.66. The van der Waals surface area contributed by atoms with Crippen molar-refractivity contribution in [3.05, 3.63) is 35.1 Å². The summed E-state index contributed by atoms with van der Waals surface area (Å²) in [6, 6.07) is 6.72. The number of carbonyl (C=O) groups excluding carboxylic acids is 1. The molecule has 1 aromatic heterocycles. The average Bonchev–Trinajstić information content (AvgIpc) is 2.92. The summed E-state index contributed by atoms with van der Waals surface area (Å²) in [6.45, 7) is 2.53. The molecule has 0 radical (unpaired) electrons. The zero-order valence-corrected chi connectivity index (χ0v) is 12.3. The predicted molar refractivity (Wildman–Crippen MR) is 74.9 cm³/mol. The molecule has 1 heterocycles. The molecular weight excluding hydrogens is 296 g/mol. The van der Waals surface area contributed by atoms with Crippen LogP contribution < -0.4 is 4.74 Å². The third-order valence-electron chi connectivity index (χ3n) is 2.57. The third-order valence-corrected chi connectivity index (χ3v) is 2.83. The fourth-order valence-electron chi connectivity index (χ4n) is 1.57. The highest BCUT2D eigenvalue weighted by atomic mass is 35.5. The lowest BCUT2D eigenvalue weighted by Crippen LogP contribution is -2.16. The Labute approximate surface area is 126 Å². The molecular formula is C13H15ClN4O3. The van der Waals surface area contributed by atoms with E-state index in [0.717, 1.165) is 6.42 Å². The second kappa shape index (κ2) is 7.58. The first-order valence-electron chi connectivity index (χ1n) is 6.48. The largest absolute Gasteiger partial charge is 0.482 e. The summed E-state index contributed by atoms with van der Waals surface area (Å²) in [5.41, 5.74) is 0. The Bertz CT molecular complexity index is 585. The van der Waals surface area contributed by atoms with Gasteiger partial charge in [-0.05, 0) is 41.1 Å². The number of aromatic nitrogens is 4. The van der Waals surface area contributed by atoms with Crippen LogP contribution in [0.1, 0.15) is 19.2 Å². The molecule has 2 rings (SSSR count). The Kier molecular flexibility index (Phi) is 5.51. The maximum atomic E-state index is 11.6. The van der Waals surface area contributed by atoms with Crippen molar-refractivity contribution < 1.29 is 14.3 Å². The Balaban J connectivity index is 1.77. The minimum atomic E-state index is -0.490. The summed E-state index contributed by atoms with van der Waals surface area (Å²) in [5, 5.41) is 11.8. The van der Waals surface area contributed by atoms with E-state index in [2.05, 4.69) is 15.5 Å². The van der Waals surface area contributed by atoms with Gasteiger partial charge in [-0.1, -0.05) is 18.5 Å². The average molecular weight is 311 g/mol. The molecule has 1 aromatic carbocycles. The number of carbonyl (C=O) groups is 1. The van der Waals surface area contributed by atoms with E-state index in [9.17, 15) is 4.79 Å². The first-order chi connectivity index (χ1) is 10.2. The minimum Gasteiger partial charge on any atom is -0.482 e. The van der Waals surface area contributed by atoms with Crippen LogP contribution in [0.25, 0.3) is 0 Å². The zero-order valence-electron chi connectivity index (χ0n) is 11.5. The van der Waals surface area contributed by atoms with Crippen LogP contribution in [0.3, 0.4) is 0 Å². The van der Waals surface area contributed by atoms with Crippen molar-refractivity contribution in [2.75, 3.05) is 6.61 Å². The molecule has 0 saturated carbocycles. The fourth-order valence-corrected chi connectivity index (χ4v) is 1.70. The van der Waals surface area contributed by atoms with Crippen molar-refractivity contribution in [1.82, 2.24) is 20.2 Å². The highest BCUT2D eigenvalue weighted by molar-refractivity contribution is 6.30. The number of rotatable bonds is 7. The highest BCUT2D eigenvalue weighted by Crippen LogP contribution is 2.15. The van der Waals surface area contributed by atoms with Crippen LogP contribution in [0, 0.1) is 0 Å². The van der Waals surface area contributed by atoms with Crippen molar-refractivity contribution in [3.63, 3.8) is 0 Å². The molecule has 112 valence electrons. The molecule has 0 N–H and O–H groups in total. The Hall–Kier alpha value is -2.15. The van der Waals surface area contributed by atoms with Crippen molar-refractivity contribution in [2.24, 2.45) is 0 Å². The molecule has 0 aliphatic rings. The molecule has 0 spiro atoms.